The van der Waals surface area contributed by atoms with Gasteiger partial charge in [0.05, 0.1) is 0 Å². The predicted molar refractivity (Wildman–Crippen MR) is 75.8 cm³/mol. The van der Waals surface area contributed by atoms with Gasteiger partial charge < -0.3 is 4.90 Å². The molecule has 1 aliphatic rings. The Morgan fingerprint density at radius 1 is 1.59 bits per heavy atom. The minimum atomic E-state index is 0.325. The molecule has 1 atom stereocenters. The third kappa shape index (κ3) is 4.11. The molecule has 0 aromatic carbocycles. The Morgan fingerprint density at radius 3 is 3.18 bits per heavy atom. The highest BCUT2D eigenvalue weighted by atomic mass is 79.9. The summed E-state index contributed by atoms with van der Waals surface area (Å²) in [6, 6.07) is 4.21. The molecule has 1 fully saturated rings. The van der Waals surface area contributed by atoms with Crippen LogP contribution in [0.2, 0.25) is 0 Å². The van der Waals surface area contributed by atoms with Crippen LogP contribution in [-0.4, -0.2) is 28.7 Å². The first-order valence-corrected chi connectivity index (χ1v) is 7.99. The van der Waals surface area contributed by atoms with E-state index < -0.39 is 0 Å². The number of carbonyl (C=O) groups excluding carboxylic acids is 1. The second kappa shape index (κ2) is 6.55. The largest absolute Gasteiger partial charge is 0.342 e. The molecular weight excluding hydrogens is 298 g/mol. The van der Waals surface area contributed by atoms with Crippen molar-refractivity contribution in [1.82, 2.24) is 4.90 Å². The van der Waals surface area contributed by atoms with E-state index in [0.29, 0.717) is 17.2 Å². The Morgan fingerprint density at radius 2 is 2.47 bits per heavy atom. The summed E-state index contributed by atoms with van der Waals surface area (Å²) in [6.07, 6.45) is 5.03. The molecule has 2 heterocycles. The molecule has 0 aliphatic carbocycles. The number of alkyl halides is 1. The second-order valence-electron chi connectivity index (χ2n) is 4.51. The zero-order chi connectivity index (χ0) is 12.1. The van der Waals surface area contributed by atoms with Gasteiger partial charge in [0.25, 0.3) is 0 Å². The van der Waals surface area contributed by atoms with Crippen molar-refractivity contribution in [3.8, 4) is 0 Å². The molecule has 2 nitrogen and oxygen atoms in total. The van der Waals surface area contributed by atoms with Gasteiger partial charge in [-0.1, -0.05) is 22.0 Å². The maximum Gasteiger partial charge on any atom is 0.222 e. The van der Waals surface area contributed by atoms with Crippen LogP contribution < -0.4 is 0 Å². The number of carbonyl (C=O) groups is 1. The van der Waals surface area contributed by atoms with E-state index in [9.17, 15) is 4.79 Å². The number of halogens is 1. The van der Waals surface area contributed by atoms with Gasteiger partial charge in [0.1, 0.15) is 0 Å². The monoisotopic (exact) mass is 315 g/mol. The van der Waals surface area contributed by atoms with E-state index in [0.717, 1.165) is 32.4 Å². The quantitative estimate of drug-likeness (QED) is 0.779. The number of likely N-dealkylation sites (tertiary alicyclic amines) is 1. The van der Waals surface area contributed by atoms with Crippen molar-refractivity contribution in [1.29, 1.82) is 0 Å². The van der Waals surface area contributed by atoms with E-state index in [1.165, 1.54) is 11.3 Å². The molecule has 1 aromatic rings. The minimum absolute atomic E-state index is 0.325. The molecule has 1 aliphatic heterocycles. The zero-order valence-electron chi connectivity index (χ0n) is 9.90. The minimum Gasteiger partial charge on any atom is -0.342 e. The highest BCUT2D eigenvalue weighted by Gasteiger charge is 2.21. The maximum atomic E-state index is 12.0. The molecule has 94 valence electrons. The lowest BCUT2D eigenvalue weighted by atomic mass is 10.1. The van der Waals surface area contributed by atoms with Crippen molar-refractivity contribution in [2.75, 3.05) is 13.1 Å². The number of rotatable bonds is 4. The molecule has 2 rings (SSSR count). The Labute approximate surface area is 115 Å². The van der Waals surface area contributed by atoms with Gasteiger partial charge in [0.15, 0.2) is 0 Å². The number of amides is 1. The van der Waals surface area contributed by atoms with Gasteiger partial charge in [-0.05, 0) is 37.1 Å². The van der Waals surface area contributed by atoms with Gasteiger partial charge in [-0.2, -0.15) is 0 Å². The Hall–Kier alpha value is -0.350. The van der Waals surface area contributed by atoms with Crippen molar-refractivity contribution in [3.05, 3.63) is 22.4 Å². The molecule has 1 unspecified atom stereocenters. The van der Waals surface area contributed by atoms with Gasteiger partial charge in [-0.15, -0.1) is 11.3 Å². The lowest BCUT2D eigenvalue weighted by molar-refractivity contribution is -0.132. The van der Waals surface area contributed by atoms with Crippen LogP contribution in [0.15, 0.2) is 17.5 Å². The number of hydrogen-bond donors (Lipinski definition) is 0. The van der Waals surface area contributed by atoms with Gasteiger partial charge in [0, 0.05) is 29.2 Å². The summed E-state index contributed by atoms with van der Waals surface area (Å²) >= 11 is 5.38. The van der Waals surface area contributed by atoms with Gasteiger partial charge in [-0.3, -0.25) is 4.79 Å². The first-order chi connectivity index (χ1) is 8.25. The van der Waals surface area contributed by atoms with Gasteiger partial charge in [0.2, 0.25) is 5.91 Å². The van der Waals surface area contributed by atoms with Crippen LogP contribution in [0, 0.1) is 0 Å². The topological polar surface area (TPSA) is 20.3 Å². The molecule has 1 saturated heterocycles. The van der Waals surface area contributed by atoms with Crippen LogP contribution >= 0.6 is 27.3 Å². The number of thiophene rings is 1. The Bertz CT molecular complexity index is 352. The average molecular weight is 316 g/mol. The highest BCUT2D eigenvalue weighted by molar-refractivity contribution is 9.09. The average Bonchev–Trinajstić information content (AvgIpc) is 2.82. The Balaban J connectivity index is 1.70. The highest BCUT2D eigenvalue weighted by Crippen LogP contribution is 2.18. The normalized spacial score (nSPS) is 20.5. The number of nitrogens with zero attached hydrogens (tertiary/aromatic N) is 1. The molecule has 0 radical (unpaired) electrons. The van der Waals surface area contributed by atoms with E-state index in [4.69, 9.17) is 0 Å². The summed E-state index contributed by atoms with van der Waals surface area (Å²) in [6.45, 7) is 1.83. The number of hydrogen-bond acceptors (Lipinski definition) is 2. The number of aryl methyl sites for hydroxylation is 1. The lowest BCUT2D eigenvalue weighted by Crippen LogP contribution is -2.40. The van der Waals surface area contributed by atoms with Crippen molar-refractivity contribution in [2.45, 2.75) is 36.9 Å². The number of piperidine rings is 1. The van der Waals surface area contributed by atoms with Crippen molar-refractivity contribution in [3.63, 3.8) is 0 Å². The molecule has 17 heavy (non-hydrogen) atoms. The first kappa shape index (κ1) is 13.1. The maximum absolute atomic E-state index is 12.0. The molecule has 1 amide bonds. The summed E-state index contributed by atoms with van der Waals surface area (Å²) in [5, 5.41) is 2.09. The molecular formula is C13H18BrNOS. The van der Waals surface area contributed by atoms with Crippen LogP contribution in [0.5, 0.6) is 0 Å². The SMILES string of the molecule is O=C(CCCc1cccs1)N1CCCC(Br)C1. The fourth-order valence-corrected chi connectivity index (χ4v) is 3.60. The van der Waals surface area contributed by atoms with Crippen LogP contribution in [0.3, 0.4) is 0 Å². The third-order valence-electron chi connectivity index (χ3n) is 3.11. The van der Waals surface area contributed by atoms with Gasteiger partial charge >= 0.3 is 0 Å². The molecule has 1 aromatic heterocycles. The van der Waals surface area contributed by atoms with Crippen LogP contribution in [0.25, 0.3) is 0 Å². The second-order valence-corrected chi connectivity index (χ2v) is 6.84. The fraction of sp³-hybridized carbons (Fsp3) is 0.615. The summed E-state index contributed by atoms with van der Waals surface area (Å²) in [7, 11) is 0. The summed E-state index contributed by atoms with van der Waals surface area (Å²) < 4.78 is 0. The molecule has 4 heteroatoms. The van der Waals surface area contributed by atoms with E-state index in [2.05, 4.69) is 33.4 Å². The standard InChI is InChI=1S/C13H18BrNOS/c14-11-4-2-8-15(10-11)13(16)7-1-5-12-6-3-9-17-12/h3,6,9,11H,1-2,4-5,7-8,10H2. The smallest absolute Gasteiger partial charge is 0.222 e. The van der Waals surface area contributed by atoms with E-state index in [-0.39, 0.29) is 0 Å². The summed E-state index contributed by atoms with van der Waals surface area (Å²) in [4.78, 5) is 15.9. The van der Waals surface area contributed by atoms with E-state index in [1.807, 2.05) is 4.90 Å². The molecule has 0 N–H and O–H groups in total. The third-order valence-corrected chi connectivity index (χ3v) is 4.79. The summed E-state index contributed by atoms with van der Waals surface area (Å²) in [5.41, 5.74) is 0. The molecule has 0 saturated carbocycles. The van der Waals surface area contributed by atoms with Crippen LogP contribution in [0.1, 0.15) is 30.6 Å². The van der Waals surface area contributed by atoms with Crippen LogP contribution in [-0.2, 0) is 11.2 Å². The lowest BCUT2D eigenvalue weighted by Gasteiger charge is -2.30. The van der Waals surface area contributed by atoms with Gasteiger partial charge in [-0.25, -0.2) is 0 Å². The fourth-order valence-electron chi connectivity index (χ4n) is 2.18. The zero-order valence-corrected chi connectivity index (χ0v) is 12.3. The Kier molecular flexibility index (Phi) is 5.04. The first-order valence-electron chi connectivity index (χ1n) is 6.20. The predicted octanol–water partition coefficient (Wildman–Crippen LogP) is 3.46. The van der Waals surface area contributed by atoms with E-state index >= 15 is 0 Å². The van der Waals surface area contributed by atoms with Crippen molar-refractivity contribution < 1.29 is 4.79 Å². The summed E-state index contributed by atoms with van der Waals surface area (Å²) in [5.74, 6) is 0.325. The van der Waals surface area contributed by atoms with Crippen molar-refractivity contribution >= 4 is 33.2 Å². The molecule has 0 spiro atoms. The van der Waals surface area contributed by atoms with Crippen LogP contribution in [0.4, 0.5) is 0 Å². The molecule has 0 bridgehead atoms. The van der Waals surface area contributed by atoms with E-state index in [1.54, 1.807) is 11.3 Å². The van der Waals surface area contributed by atoms with Crippen molar-refractivity contribution in [2.24, 2.45) is 0 Å².